The van der Waals surface area contributed by atoms with Crippen molar-refractivity contribution in [3.05, 3.63) is 58.8 Å². The number of ketones is 1. The molecule has 8 heteroatoms. The van der Waals surface area contributed by atoms with Crippen LogP contribution >= 0.6 is 0 Å². The molecule has 0 spiro atoms. The summed E-state index contributed by atoms with van der Waals surface area (Å²) in [6.45, 7) is 5.98. The Balaban J connectivity index is 1.48. The topological polar surface area (TPSA) is 133 Å². The number of H-pyrrole nitrogens is 1. The molecule has 4 aromatic rings. The van der Waals surface area contributed by atoms with Gasteiger partial charge in [-0.15, -0.1) is 0 Å². The highest BCUT2D eigenvalue weighted by Crippen LogP contribution is 2.40. The van der Waals surface area contributed by atoms with Gasteiger partial charge in [-0.3, -0.25) is 9.59 Å². The van der Waals surface area contributed by atoms with Gasteiger partial charge in [0, 0.05) is 45.6 Å². The number of nitrogens with one attached hydrogen (secondary N) is 1. The minimum absolute atomic E-state index is 0.00673. The number of aromatic nitrogens is 3. The van der Waals surface area contributed by atoms with E-state index in [1.165, 1.54) is 0 Å². The summed E-state index contributed by atoms with van der Waals surface area (Å²) in [5, 5.41) is 23.9. The number of carbonyl (C=O) groups excluding carboxylic acids is 1. The molecule has 0 amide bonds. The summed E-state index contributed by atoms with van der Waals surface area (Å²) in [4.78, 5) is 32.0. The van der Waals surface area contributed by atoms with Crippen molar-refractivity contribution < 1.29 is 19.2 Å². The molecule has 2 heterocycles. The number of nitrogens with zero attached hydrogens (tertiary/aromatic N) is 3. The third-order valence-electron chi connectivity index (χ3n) is 6.52. The summed E-state index contributed by atoms with van der Waals surface area (Å²) in [5.74, 6) is -0.226. The maximum Gasteiger partial charge on any atom is 0.304 e. The van der Waals surface area contributed by atoms with Gasteiger partial charge in [-0.2, -0.15) is 10.2 Å². The zero-order chi connectivity index (χ0) is 25.6. The molecule has 1 aliphatic rings. The molecule has 0 saturated heterocycles. The zero-order valence-corrected chi connectivity index (χ0v) is 20.4. The van der Waals surface area contributed by atoms with Crippen LogP contribution in [0.1, 0.15) is 73.1 Å². The molecule has 8 nitrogen and oxygen atoms in total. The lowest BCUT2D eigenvalue weighted by Crippen LogP contribution is -2.13. The highest BCUT2D eigenvalue weighted by Gasteiger charge is 2.28. The van der Waals surface area contributed by atoms with Gasteiger partial charge < -0.3 is 14.6 Å². The Bertz CT molecular complexity index is 1550. The second kappa shape index (κ2) is 8.76. The number of carbonyl (C=O) groups is 2. The van der Waals surface area contributed by atoms with E-state index in [0.29, 0.717) is 28.9 Å². The number of carboxylic acid groups (broad SMARTS) is 1. The molecular formula is C28H26N4O4. The van der Waals surface area contributed by atoms with Crippen molar-refractivity contribution >= 4 is 22.7 Å². The van der Waals surface area contributed by atoms with Gasteiger partial charge in [0.15, 0.2) is 5.78 Å². The number of aliphatic carboxylic acids is 1. The van der Waals surface area contributed by atoms with Gasteiger partial charge in [0.2, 0.25) is 5.82 Å². The number of hydrogen-bond donors (Lipinski definition) is 2. The molecule has 2 N–H and O–H groups in total. The number of Topliss-reactive ketones (excluding diaryl/α,β-unsaturated/α-hetero) is 1. The van der Waals surface area contributed by atoms with Crippen LogP contribution in [0.15, 0.2) is 40.9 Å². The summed E-state index contributed by atoms with van der Waals surface area (Å²) in [5.41, 5.74) is 4.99. The number of aryl methyl sites for hydroxylation is 1. The molecule has 1 unspecified atom stereocenters. The lowest BCUT2D eigenvalue weighted by Gasteiger charge is -2.17. The summed E-state index contributed by atoms with van der Waals surface area (Å²) < 4.78 is 5.53. The fourth-order valence-electron chi connectivity index (χ4n) is 4.92. The fourth-order valence-corrected chi connectivity index (χ4v) is 4.92. The highest BCUT2D eigenvalue weighted by atomic mass is 16.5. The number of rotatable bonds is 6. The first kappa shape index (κ1) is 23.5. The summed E-state index contributed by atoms with van der Waals surface area (Å²) >= 11 is 0. The van der Waals surface area contributed by atoms with E-state index < -0.39 is 5.97 Å². The van der Waals surface area contributed by atoms with Crippen LogP contribution in [0.4, 0.5) is 0 Å². The van der Waals surface area contributed by atoms with E-state index in [1.54, 1.807) is 18.2 Å². The lowest BCUT2D eigenvalue weighted by atomic mass is 9.87. The van der Waals surface area contributed by atoms with Gasteiger partial charge in [-0.05, 0) is 60.2 Å². The Morgan fingerprint density at radius 2 is 2.00 bits per heavy atom. The molecule has 0 saturated carbocycles. The smallest absolute Gasteiger partial charge is 0.304 e. The Labute approximate surface area is 208 Å². The molecule has 0 bridgehead atoms. The first-order valence-electron chi connectivity index (χ1n) is 11.9. The summed E-state index contributed by atoms with van der Waals surface area (Å²) in [6.07, 6.45) is 2.10. The number of benzene rings is 2. The van der Waals surface area contributed by atoms with Crippen molar-refractivity contribution in [1.29, 1.82) is 5.26 Å². The van der Waals surface area contributed by atoms with Gasteiger partial charge in [-0.25, -0.2) is 0 Å². The number of aromatic amines is 1. The van der Waals surface area contributed by atoms with E-state index in [-0.39, 0.29) is 29.4 Å². The third-order valence-corrected chi connectivity index (χ3v) is 6.52. The Hall–Kier alpha value is -4.25. The molecule has 36 heavy (non-hydrogen) atoms. The van der Waals surface area contributed by atoms with Gasteiger partial charge in [0.05, 0.1) is 18.1 Å². The highest BCUT2D eigenvalue weighted by molar-refractivity contribution is 5.98. The van der Waals surface area contributed by atoms with Crippen molar-refractivity contribution in [1.82, 2.24) is 15.1 Å². The van der Waals surface area contributed by atoms with Crippen molar-refractivity contribution in [2.45, 2.75) is 52.4 Å². The van der Waals surface area contributed by atoms with Crippen molar-refractivity contribution in [2.75, 3.05) is 0 Å². The average molecular weight is 483 g/mol. The molecule has 0 aliphatic heterocycles. The standard InChI is InChI=1S/C28H26N4O4/c1-28(2,3)13-23(33)18-8-15(14-29)9-19(10-18)27-31-26(32-36-27)17-5-7-22-21(11-17)20-6-4-16(12-24(34)35)25(20)30-22/h5,7-11,16,30H,4,6,12-13H2,1-3H3,(H,34,35). The van der Waals surface area contributed by atoms with Crippen LogP contribution in [0.2, 0.25) is 0 Å². The zero-order valence-electron chi connectivity index (χ0n) is 20.4. The Morgan fingerprint density at radius 3 is 2.72 bits per heavy atom. The summed E-state index contributed by atoms with van der Waals surface area (Å²) in [6, 6.07) is 12.8. The summed E-state index contributed by atoms with van der Waals surface area (Å²) in [7, 11) is 0. The van der Waals surface area contributed by atoms with Crippen LogP contribution in [0, 0.1) is 16.7 Å². The molecule has 0 fully saturated rings. The third kappa shape index (κ3) is 4.52. The predicted octanol–water partition coefficient (Wildman–Crippen LogP) is 5.88. The second-order valence-corrected chi connectivity index (χ2v) is 10.6. The molecule has 2 aromatic carbocycles. The molecule has 2 aromatic heterocycles. The van der Waals surface area contributed by atoms with Crippen LogP contribution in [-0.4, -0.2) is 32.0 Å². The molecule has 182 valence electrons. The van der Waals surface area contributed by atoms with E-state index in [0.717, 1.165) is 40.6 Å². The largest absolute Gasteiger partial charge is 0.481 e. The molecular weight excluding hydrogens is 456 g/mol. The van der Waals surface area contributed by atoms with Crippen LogP contribution in [0.25, 0.3) is 33.7 Å². The van der Waals surface area contributed by atoms with E-state index >= 15 is 0 Å². The van der Waals surface area contributed by atoms with Crippen LogP contribution in [0.3, 0.4) is 0 Å². The van der Waals surface area contributed by atoms with Gasteiger partial charge in [-0.1, -0.05) is 25.9 Å². The number of carboxylic acids is 1. The first-order valence-corrected chi connectivity index (χ1v) is 11.9. The van der Waals surface area contributed by atoms with Gasteiger partial charge in [0.25, 0.3) is 5.89 Å². The van der Waals surface area contributed by atoms with E-state index in [4.69, 9.17) is 4.52 Å². The number of hydrogen-bond acceptors (Lipinski definition) is 6. The minimum atomic E-state index is -0.796. The normalized spacial score (nSPS) is 15.1. The first-order chi connectivity index (χ1) is 17.1. The van der Waals surface area contributed by atoms with Crippen LogP contribution < -0.4 is 0 Å². The maximum atomic E-state index is 12.8. The van der Waals surface area contributed by atoms with Crippen molar-refractivity contribution in [2.24, 2.45) is 5.41 Å². The second-order valence-electron chi connectivity index (χ2n) is 10.6. The van der Waals surface area contributed by atoms with Crippen LogP contribution in [-0.2, 0) is 11.2 Å². The fraction of sp³-hybridized carbons (Fsp3) is 0.321. The quantitative estimate of drug-likeness (QED) is 0.328. The molecule has 5 rings (SSSR count). The minimum Gasteiger partial charge on any atom is -0.481 e. The van der Waals surface area contributed by atoms with E-state index in [1.807, 2.05) is 39.0 Å². The van der Waals surface area contributed by atoms with Gasteiger partial charge >= 0.3 is 5.97 Å². The number of nitriles is 1. The Morgan fingerprint density at radius 1 is 1.19 bits per heavy atom. The average Bonchev–Trinajstić information content (AvgIpc) is 3.53. The maximum absolute atomic E-state index is 12.8. The SMILES string of the molecule is CC(C)(C)CC(=O)c1cc(C#N)cc(-c2nc(-c3ccc4[nH]c5c(c4c3)CCC5CC(=O)O)no2)c1. The van der Waals surface area contributed by atoms with Gasteiger partial charge in [0.1, 0.15) is 0 Å². The predicted molar refractivity (Wildman–Crippen MR) is 133 cm³/mol. The molecule has 1 aliphatic carbocycles. The number of fused-ring (bicyclic) bond motifs is 3. The Kier molecular flexibility index (Phi) is 5.71. The molecule has 0 radical (unpaired) electrons. The molecule has 1 atom stereocenters. The van der Waals surface area contributed by atoms with E-state index in [9.17, 15) is 20.0 Å². The van der Waals surface area contributed by atoms with E-state index in [2.05, 4.69) is 21.2 Å². The van der Waals surface area contributed by atoms with Crippen molar-refractivity contribution in [3.8, 4) is 28.9 Å². The van der Waals surface area contributed by atoms with Crippen molar-refractivity contribution in [3.63, 3.8) is 0 Å². The lowest BCUT2D eigenvalue weighted by molar-refractivity contribution is -0.137. The monoisotopic (exact) mass is 482 g/mol. The van der Waals surface area contributed by atoms with Crippen LogP contribution in [0.5, 0.6) is 0 Å².